The van der Waals surface area contributed by atoms with Crippen molar-refractivity contribution >= 4 is 18.0 Å². The molecule has 0 saturated carbocycles. The van der Waals surface area contributed by atoms with Crippen LogP contribution in [0.5, 0.6) is 0 Å². The van der Waals surface area contributed by atoms with Gasteiger partial charge in [-0.1, -0.05) is 13.3 Å². The first-order chi connectivity index (χ1) is 9.10. The zero-order valence-corrected chi connectivity index (χ0v) is 11.2. The summed E-state index contributed by atoms with van der Waals surface area (Å²) in [6.45, 7) is 2.11. The summed E-state index contributed by atoms with van der Waals surface area (Å²) in [5.74, 6) is -0.513. The van der Waals surface area contributed by atoms with E-state index in [2.05, 4.69) is 16.9 Å². The molecule has 4 atom stereocenters. The molecule has 2 aliphatic rings. The molecule has 2 aliphatic heterocycles. The fourth-order valence-electron chi connectivity index (χ4n) is 2.56. The van der Waals surface area contributed by atoms with E-state index >= 15 is 0 Å². The van der Waals surface area contributed by atoms with Crippen LogP contribution in [0.3, 0.4) is 0 Å². The van der Waals surface area contributed by atoms with Crippen molar-refractivity contribution in [3.8, 4) is 0 Å². The number of aliphatic hydroxyl groups is 1. The Balaban J connectivity index is 1.78. The lowest BCUT2D eigenvalue weighted by molar-refractivity contribution is -0.112. The van der Waals surface area contributed by atoms with E-state index in [0.29, 0.717) is 19.3 Å². The van der Waals surface area contributed by atoms with Gasteiger partial charge in [-0.2, -0.15) is 0 Å². The Morgan fingerprint density at radius 2 is 2.32 bits per heavy atom. The monoisotopic (exact) mass is 267 g/mol. The van der Waals surface area contributed by atoms with E-state index in [1.54, 1.807) is 6.21 Å². The number of amides is 1. The van der Waals surface area contributed by atoms with Crippen LogP contribution < -0.4 is 5.73 Å². The number of ether oxygens (including phenoxy) is 1. The highest BCUT2D eigenvalue weighted by molar-refractivity contribution is 6.39. The van der Waals surface area contributed by atoms with Crippen LogP contribution in [0.4, 0.5) is 0 Å². The molecule has 3 unspecified atom stereocenters. The Bertz CT molecular complexity index is 395. The van der Waals surface area contributed by atoms with E-state index < -0.39 is 12.0 Å². The van der Waals surface area contributed by atoms with Crippen molar-refractivity contribution in [1.82, 2.24) is 0 Å². The molecule has 0 aliphatic carbocycles. The van der Waals surface area contributed by atoms with Crippen LogP contribution in [-0.2, 0) is 9.53 Å². The van der Waals surface area contributed by atoms with Gasteiger partial charge in [0, 0.05) is 12.6 Å². The number of nitrogens with zero attached hydrogens (tertiary/aromatic N) is 2. The predicted octanol–water partition coefficient (Wildman–Crippen LogP) is 0.422. The molecule has 2 rings (SSSR count). The van der Waals surface area contributed by atoms with Crippen molar-refractivity contribution in [1.29, 1.82) is 0 Å². The lowest BCUT2D eigenvalue weighted by Gasteiger charge is -2.15. The molecule has 0 aromatic carbocycles. The van der Waals surface area contributed by atoms with Crippen LogP contribution in [0.2, 0.25) is 0 Å². The van der Waals surface area contributed by atoms with Gasteiger partial charge in [0.15, 0.2) is 0 Å². The van der Waals surface area contributed by atoms with E-state index in [9.17, 15) is 9.90 Å². The molecular weight excluding hydrogens is 246 g/mol. The van der Waals surface area contributed by atoms with Gasteiger partial charge in [-0.15, -0.1) is 0 Å². The van der Waals surface area contributed by atoms with Crippen molar-refractivity contribution in [3.63, 3.8) is 0 Å². The van der Waals surface area contributed by atoms with Gasteiger partial charge in [0.1, 0.15) is 0 Å². The lowest BCUT2D eigenvalue weighted by atomic mass is 10.0. The number of hydrogen-bond donors (Lipinski definition) is 2. The topological polar surface area (TPSA) is 97.3 Å². The molecule has 0 bridgehead atoms. The second kappa shape index (κ2) is 6.25. The summed E-state index contributed by atoms with van der Waals surface area (Å²) >= 11 is 0. The molecule has 0 aromatic heterocycles. The summed E-state index contributed by atoms with van der Waals surface area (Å²) in [4.78, 5) is 18.9. The molecular formula is C13H21N3O3. The molecule has 1 fully saturated rings. The van der Waals surface area contributed by atoms with Gasteiger partial charge >= 0.3 is 0 Å². The van der Waals surface area contributed by atoms with Crippen LogP contribution in [0.25, 0.3) is 0 Å². The number of primary amides is 1. The number of aliphatic imine (C=N–C) groups is 2. The summed E-state index contributed by atoms with van der Waals surface area (Å²) in [6, 6.07) is -0.122. The zero-order chi connectivity index (χ0) is 13.8. The molecule has 106 valence electrons. The zero-order valence-electron chi connectivity index (χ0n) is 11.2. The van der Waals surface area contributed by atoms with Crippen molar-refractivity contribution in [2.75, 3.05) is 0 Å². The van der Waals surface area contributed by atoms with Gasteiger partial charge in [-0.25, -0.2) is 4.99 Å². The second-order valence-electron chi connectivity index (χ2n) is 5.13. The second-order valence-corrected chi connectivity index (χ2v) is 5.13. The highest BCUT2D eigenvalue weighted by atomic mass is 16.5. The van der Waals surface area contributed by atoms with Crippen LogP contribution in [0, 0.1) is 0 Å². The Labute approximate surface area is 112 Å². The first kappa shape index (κ1) is 14.1. The average Bonchev–Trinajstić information content (AvgIpc) is 2.94. The third-order valence-electron chi connectivity index (χ3n) is 3.54. The Morgan fingerprint density at radius 1 is 1.53 bits per heavy atom. The SMILES string of the molecule is CCCC1C[C@@H](O)C(CCC2C=NC(C(N)=O)=N2)O1. The molecule has 6 heteroatoms. The minimum Gasteiger partial charge on any atom is -0.390 e. The number of hydrogen-bond acceptors (Lipinski definition) is 5. The average molecular weight is 267 g/mol. The maximum Gasteiger partial charge on any atom is 0.286 e. The van der Waals surface area contributed by atoms with Gasteiger partial charge in [0.2, 0.25) is 5.84 Å². The minimum atomic E-state index is -0.598. The quantitative estimate of drug-likeness (QED) is 0.729. The molecule has 1 saturated heterocycles. The molecule has 0 aromatic rings. The van der Waals surface area contributed by atoms with E-state index in [4.69, 9.17) is 10.5 Å². The summed E-state index contributed by atoms with van der Waals surface area (Å²) in [6.07, 6.45) is 5.47. The van der Waals surface area contributed by atoms with Crippen molar-refractivity contribution in [2.45, 2.75) is 63.4 Å². The molecule has 2 heterocycles. The third kappa shape index (κ3) is 3.61. The molecule has 0 spiro atoms. The maximum absolute atomic E-state index is 10.9. The standard InChI is InChI=1S/C13H21N3O3/c1-2-3-9-6-10(17)11(19-9)5-4-8-7-15-13(16-8)12(14)18/h7-11,17H,2-6H2,1H3,(H2,14,18)/t8?,9?,10-,11?/m1/s1. The van der Waals surface area contributed by atoms with Crippen LogP contribution >= 0.6 is 0 Å². The Hall–Kier alpha value is -1.27. The van der Waals surface area contributed by atoms with Gasteiger partial charge in [-0.05, 0) is 19.3 Å². The van der Waals surface area contributed by atoms with Gasteiger partial charge < -0.3 is 15.6 Å². The first-order valence-corrected chi connectivity index (χ1v) is 6.85. The number of aliphatic hydroxyl groups excluding tert-OH is 1. The van der Waals surface area contributed by atoms with E-state index in [0.717, 1.165) is 12.8 Å². The summed E-state index contributed by atoms with van der Waals surface area (Å²) < 4.78 is 5.81. The first-order valence-electron chi connectivity index (χ1n) is 6.85. The number of rotatable bonds is 6. The number of nitrogens with two attached hydrogens (primary N) is 1. The molecule has 6 nitrogen and oxygen atoms in total. The number of carbonyl (C=O) groups excluding carboxylic acids is 1. The summed E-state index contributed by atoms with van der Waals surface area (Å²) in [5, 5.41) is 9.93. The smallest absolute Gasteiger partial charge is 0.286 e. The molecule has 19 heavy (non-hydrogen) atoms. The van der Waals surface area contributed by atoms with E-state index in [1.165, 1.54) is 0 Å². The normalized spacial score (nSPS) is 33.7. The Kier molecular flexibility index (Phi) is 4.66. The highest BCUT2D eigenvalue weighted by Gasteiger charge is 2.33. The fourth-order valence-corrected chi connectivity index (χ4v) is 2.56. The van der Waals surface area contributed by atoms with E-state index in [1.807, 2.05) is 0 Å². The largest absolute Gasteiger partial charge is 0.390 e. The summed E-state index contributed by atoms with van der Waals surface area (Å²) in [5.41, 5.74) is 5.10. The third-order valence-corrected chi connectivity index (χ3v) is 3.54. The van der Waals surface area contributed by atoms with Crippen molar-refractivity contribution in [3.05, 3.63) is 0 Å². The Morgan fingerprint density at radius 3 is 2.95 bits per heavy atom. The van der Waals surface area contributed by atoms with E-state index in [-0.39, 0.29) is 24.1 Å². The molecule has 3 N–H and O–H groups in total. The minimum absolute atomic E-state index is 0.0850. The van der Waals surface area contributed by atoms with Gasteiger partial charge in [0.25, 0.3) is 5.91 Å². The molecule has 0 radical (unpaired) electrons. The number of amidine groups is 1. The van der Waals surface area contributed by atoms with Crippen LogP contribution in [-0.4, -0.2) is 47.4 Å². The van der Waals surface area contributed by atoms with Gasteiger partial charge in [0.05, 0.1) is 24.4 Å². The van der Waals surface area contributed by atoms with Crippen LogP contribution in [0.1, 0.15) is 39.0 Å². The van der Waals surface area contributed by atoms with Crippen molar-refractivity contribution < 1.29 is 14.6 Å². The van der Waals surface area contributed by atoms with Gasteiger partial charge in [-0.3, -0.25) is 9.79 Å². The van der Waals surface area contributed by atoms with Crippen LogP contribution in [0.15, 0.2) is 9.98 Å². The predicted molar refractivity (Wildman–Crippen MR) is 72.3 cm³/mol. The number of carbonyl (C=O) groups is 1. The highest BCUT2D eigenvalue weighted by Crippen LogP contribution is 2.27. The lowest BCUT2D eigenvalue weighted by Crippen LogP contribution is -2.23. The maximum atomic E-state index is 10.9. The van der Waals surface area contributed by atoms with Crippen molar-refractivity contribution in [2.24, 2.45) is 15.7 Å². The molecule has 1 amide bonds. The fraction of sp³-hybridized carbons (Fsp3) is 0.769. The summed E-state index contributed by atoms with van der Waals surface area (Å²) in [7, 11) is 0.